The van der Waals surface area contributed by atoms with Gasteiger partial charge in [0.25, 0.3) is 0 Å². The fourth-order valence-electron chi connectivity index (χ4n) is 4.43. The van der Waals surface area contributed by atoms with Crippen LogP contribution >= 0.6 is 0 Å². The topological polar surface area (TPSA) is 6.48 Å². The van der Waals surface area contributed by atoms with Crippen LogP contribution in [-0.2, 0) is 0 Å². The lowest BCUT2D eigenvalue weighted by Gasteiger charge is -2.52. The van der Waals surface area contributed by atoms with Gasteiger partial charge in [0, 0.05) is 25.7 Å². The largest absolute Gasteiger partial charge is 0.303 e. The molecule has 2 heteroatoms. The lowest BCUT2D eigenvalue weighted by Crippen LogP contribution is -2.59. The van der Waals surface area contributed by atoms with Crippen molar-refractivity contribution in [1.29, 1.82) is 0 Å². The number of hydrogen-bond acceptors (Lipinski definition) is 2. The zero-order valence-electron chi connectivity index (χ0n) is 11.4. The van der Waals surface area contributed by atoms with E-state index in [0.717, 1.165) is 17.9 Å². The molecular weight excluding hydrogens is 208 g/mol. The summed E-state index contributed by atoms with van der Waals surface area (Å²) >= 11 is 0. The molecule has 17 heavy (non-hydrogen) atoms. The molecule has 0 aromatic carbocycles. The number of rotatable bonds is 3. The molecule has 2 bridgehead atoms. The summed E-state index contributed by atoms with van der Waals surface area (Å²) in [6.45, 7) is 9.26. The van der Waals surface area contributed by atoms with Gasteiger partial charge in [-0.2, -0.15) is 0 Å². The maximum Gasteiger partial charge on any atom is 0.0136 e. The highest BCUT2D eigenvalue weighted by molar-refractivity contribution is 4.95. The molecule has 3 fully saturated rings. The Morgan fingerprint density at radius 2 is 2.06 bits per heavy atom. The Hall–Kier alpha value is -0.0800. The first-order valence-corrected chi connectivity index (χ1v) is 7.83. The minimum Gasteiger partial charge on any atom is -0.303 e. The first-order valence-electron chi connectivity index (χ1n) is 7.83. The molecule has 0 aromatic heterocycles. The third kappa shape index (κ3) is 2.53. The quantitative estimate of drug-likeness (QED) is 0.743. The van der Waals surface area contributed by atoms with E-state index < -0.39 is 0 Å². The Kier molecular flexibility index (Phi) is 3.72. The van der Waals surface area contributed by atoms with Gasteiger partial charge in [-0.1, -0.05) is 19.8 Å². The Balaban J connectivity index is 1.62. The van der Waals surface area contributed by atoms with E-state index >= 15 is 0 Å². The van der Waals surface area contributed by atoms with Crippen LogP contribution in [-0.4, -0.2) is 48.6 Å². The van der Waals surface area contributed by atoms with Crippen LogP contribution in [0.15, 0.2) is 0 Å². The zero-order chi connectivity index (χ0) is 11.7. The van der Waals surface area contributed by atoms with Crippen molar-refractivity contribution in [3.8, 4) is 0 Å². The van der Waals surface area contributed by atoms with Crippen molar-refractivity contribution in [2.75, 3.05) is 32.7 Å². The molecule has 3 atom stereocenters. The van der Waals surface area contributed by atoms with Gasteiger partial charge >= 0.3 is 0 Å². The van der Waals surface area contributed by atoms with Crippen LogP contribution in [0.3, 0.4) is 0 Å². The molecule has 0 unspecified atom stereocenters. The first-order chi connectivity index (χ1) is 8.36. The molecule has 0 N–H and O–H groups in total. The molecule has 3 aliphatic heterocycles. The van der Waals surface area contributed by atoms with Crippen molar-refractivity contribution >= 4 is 0 Å². The number of likely N-dealkylation sites (tertiary alicyclic amines) is 1. The predicted octanol–water partition coefficient (Wildman–Crippen LogP) is 2.59. The first kappa shape index (κ1) is 12.0. The van der Waals surface area contributed by atoms with E-state index in [1.54, 1.807) is 0 Å². The van der Waals surface area contributed by atoms with Crippen molar-refractivity contribution in [2.24, 2.45) is 11.8 Å². The summed E-state index contributed by atoms with van der Waals surface area (Å²) < 4.78 is 0. The second-order valence-electron chi connectivity index (χ2n) is 6.53. The van der Waals surface area contributed by atoms with Gasteiger partial charge < -0.3 is 4.90 Å². The molecule has 98 valence electrons. The van der Waals surface area contributed by atoms with Gasteiger partial charge in [0.2, 0.25) is 0 Å². The Labute approximate surface area is 106 Å². The van der Waals surface area contributed by atoms with E-state index in [0.29, 0.717) is 0 Å². The highest BCUT2D eigenvalue weighted by atomic mass is 15.2. The molecule has 3 rings (SSSR count). The van der Waals surface area contributed by atoms with E-state index in [1.165, 1.54) is 71.2 Å². The predicted molar refractivity (Wildman–Crippen MR) is 72.2 cm³/mol. The molecule has 0 saturated carbocycles. The van der Waals surface area contributed by atoms with Crippen molar-refractivity contribution < 1.29 is 0 Å². The van der Waals surface area contributed by atoms with Crippen LogP contribution in [0.25, 0.3) is 0 Å². The van der Waals surface area contributed by atoms with Gasteiger partial charge in [-0.15, -0.1) is 0 Å². The lowest BCUT2D eigenvalue weighted by molar-refractivity contribution is -0.0304. The third-order valence-corrected chi connectivity index (χ3v) is 5.17. The van der Waals surface area contributed by atoms with Crippen molar-refractivity contribution in [3.05, 3.63) is 0 Å². The van der Waals surface area contributed by atoms with Crippen molar-refractivity contribution in [2.45, 2.75) is 51.5 Å². The molecule has 0 spiro atoms. The number of piperidine rings is 3. The molecule has 2 nitrogen and oxygen atoms in total. The van der Waals surface area contributed by atoms with E-state index in [9.17, 15) is 0 Å². The monoisotopic (exact) mass is 236 g/mol. The maximum atomic E-state index is 2.83. The van der Waals surface area contributed by atoms with E-state index in [1.807, 2.05) is 0 Å². The minimum atomic E-state index is 0.949. The summed E-state index contributed by atoms with van der Waals surface area (Å²) in [5, 5.41) is 0. The van der Waals surface area contributed by atoms with Gasteiger partial charge in [0.1, 0.15) is 0 Å². The van der Waals surface area contributed by atoms with Crippen LogP contribution in [0.1, 0.15) is 45.4 Å². The SMILES string of the molecule is CCCCN1C[C@@H]2C[C@H](C1)[C@@H]1CCCCN1C2. The van der Waals surface area contributed by atoms with Crippen molar-refractivity contribution in [1.82, 2.24) is 9.80 Å². The van der Waals surface area contributed by atoms with Gasteiger partial charge in [0.05, 0.1) is 0 Å². The van der Waals surface area contributed by atoms with Gasteiger partial charge in [0.15, 0.2) is 0 Å². The van der Waals surface area contributed by atoms with Crippen LogP contribution in [0, 0.1) is 11.8 Å². The Morgan fingerprint density at radius 3 is 2.94 bits per heavy atom. The summed E-state index contributed by atoms with van der Waals surface area (Å²) in [4.78, 5) is 5.60. The summed E-state index contributed by atoms with van der Waals surface area (Å²) in [5.74, 6) is 1.99. The van der Waals surface area contributed by atoms with Gasteiger partial charge in [-0.3, -0.25) is 4.90 Å². The Bertz CT molecular complexity index is 253. The van der Waals surface area contributed by atoms with Gasteiger partial charge in [-0.25, -0.2) is 0 Å². The molecule has 3 aliphatic rings. The van der Waals surface area contributed by atoms with Crippen LogP contribution in [0.5, 0.6) is 0 Å². The second-order valence-corrected chi connectivity index (χ2v) is 6.53. The average Bonchev–Trinajstić information content (AvgIpc) is 2.36. The fraction of sp³-hybridized carbons (Fsp3) is 1.00. The third-order valence-electron chi connectivity index (χ3n) is 5.17. The summed E-state index contributed by atoms with van der Waals surface area (Å²) in [6.07, 6.45) is 8.70. The van der Waals surface area contributed by atoms with E-state index in [4.69, 9.17) is 0 Å². The van der Waals surface area contributed by atoms with Crippen LogP contribution < -0.4 is 0 Å². The normalized spacial score (nSPS) is 39.0. The van der Waals surface area contributed by atoms with Crippen LogP contribution in [0.2, 0.25) is 0 Å². The minimum absolute atomic E-state index is 0.949. The highest BCUT2D eigenvalue weighted by Crippen LogP contribution is 2.37. The number of nitrogens with zero attached hydrogens (tertiary/aromatic N) is 2. The summed E-state index contributed by atoms with van der Waals surface area (Å²) in [7, 11) is 0. The summed E-state index contributed by atoms with van der Waals surface area (Å²) in [5.41, 5.74) is 0. The molecular formula is C15H28N2. The smallest absolute Gasteiger partial charge is 0.0136 e. The van der Waals surface area contributed by atoms with Gasteiger partial charge in [-0.05, 0) is 50.6 Å². The van der Waals surface area contributed by atoms with E-state index in [-0.39, 0.29) is 0 Å². The highest BCUT2D eigenvalue weighted by Gasteiger charge is 2.41. The second kappa shape index (κ2) is 5.27. The zero-order valence-corrected chi connectivity index (χ0v) is 11.4. The fourth-order valence-corrected chi connectivity index (χ4v) is 4.43. The molecule has 0 amide bonds. The molecule has 0 radical (unpaired) electrons. The molecule has 3 saturated heterocycles. The van der Waals surface area contributed by atoms with Crippen LogP contribution in [0.4, 0.5) is 0 Å². The Morgan fingerprint density at radius 1 is 1.12 bits per heavy atom. The standard InChI is InChI=1S/C15H28N2/c1-2-3-7-16-10-13-9-14(12-16)15-6-4-5-8-17(15)11-13/h13-15H,2-12H2,1H3/t13-,14+,15-/m0/s1. The average molecular weight is 236 g/mol. The maximum absolute atomic E-state index is 2.83. The number of hydrogen-bond donors (Lipinski definition) is 0. The number of unbranched alkanes of at least 4 members (excludes halogenated alkanes) is 1. The molecule has 0 aliphatic carbocycles. The lowest BCUT2D eigenvalue weighted by atomic mass is 9.76. The van der Waals surface area contributed by atoms with Crippen molar-refractivity contribution in [3.63, 3.8) is 0 Å². The van der Waals surface area contributed by atoms with E-state index in [2.05, 4.69) is 16.7 Å². The molecule has 3 heterocycles. The number of fused-ring (bicyclic) bond motifs is 4. The summed E-state index contributed by atoms with van der Waals surface area (Å²) in [6, 6.07) is 0.949. The molecule has 0 aromatic rings.